The third-order valence-corrected chi connectivity index (χ3v) is 13.0. The Morgan fingerprint density at radius 2 is 1.04 bits per heavy atom. The van der Waals surface area contributed by atoms with Gasteiger partial charge < -0.3 is 8.98 Å². The van der Waals surface area contributed by atoms with Crippen LogP contribution in [0.25, 0.3) is 56.1 Å². The summed E-state index contributed by atoms with van der Waals surface area (Å²) in [5, 5.41) is 4.36. The van der Waals surface area contributed by atoms with Crippen LogP contribution in [-0.4, -0.2) is 15.0 Å². The molecule has 6 aromatic carbocycles. The van der Waals surface area contributed by atoms with Crippen molar-refractivity contribution in [3.63, 3.8) is 0 Å². The second kappa shape index (κ2) is 10.7. The Kier molecular flexibility index (Phi) is 6.27. The lowest BCUT2D eigenvalue weighted by molar-refractivity contribution is 0.591. The van der Waals surface area contributed by atoms with Crippen LogP contribution < -0.4 is 15.9 Å². The summed E-state index contributed by atoms with van der Waals surface area (Å²) < 4.78 is 21.7. The van der Waals surface area contributed by atoms with Gasteiger partial charge in [-0.15, -0.1) is 0 Å². The monoisotopic (exact) mass is 629 g/mol. The fourth-order valence-electron chi connectivity index (χ4n) is 6.17. The van der Waals surface area contributed by atoms with E-state index in [1.165, 1.54) is 0 Å². The zero-order valence-electron chi connectivity index (χ0n) is 24.4. The van der Waals surface area contributed by atoms with Crippen molar-refractivity contribution >= 4 is 56.8 Å². The summed E-state index contributed by atoms with van der Waals surface area (Å²) in [6.07, 6.45) is 0. The van der Waals surface area contributed by atoms with E-state index >= 15 is 4.57 Å². The van der Waals surface area contributed by atoms with Gasteiger partial charge in [0, 0.05) is 53.2 Å². The Bertz CT molecular complexity index is 2420. The molecule has 0 N–H and O–H groups in total. The zero-order chi connectivity index (χ0) is 30.7. The van der Waals surface area contributed by atoms with E-state index in [-0.39, 0.29) is 0 Å². The van der Waals surface area contributed by atoms with Gasteiger partial charge >= 0.3 is 0 Å². The summed E-state index contributed by atoms with van der Waals surface area (Å²) in [4.78, 5) is 16.7. The number of benzene rings is 6. The number of fused-ring (bicyclic) bond motifs is 5. The average molecular weight is 630 g/mol. The van der Waals surface area contributed by atoms with Crippen LogP contribution in [0.3, 0.4) is 0 Å². The molecule has 218 valence electrons. The number of nitrogens with zero attached hydrogens (tertiary/aromatic N) is 3. The van der Waals surface area contributed by atoms with E-state index in [4.69, 9.17) is 19.4 Å². The minimum absolute atomic E-state index is 0.571. The smallest absolute Gasteiger partial charge is 0.173 e. The molecule has 0 saturated heterocycles. The molecule has 7 heteroatoms. The van der Waals surface area contributed by atoms with Crippen LogP contribution in [0.2, 0.25) is 0 Å². The van der Waals surface area contributed by atoms with Gasteiger partial charge in [-0.05, 0) is 42.5 Å². The molecule has 2 aromatic heterocycles. The molecule has 46 heavy (non-hydrogen) atoms. The van der Waals surface area contributed by atoms with Gasteiger partial charge in [-0.2, -0.15) is 0 Å². The highest BCUT2D eigenvalue weighted by Gasteiger charge is 2.38. The standard InChI is InChI=1S/C39H24N3O2PS/c43-45(28-16-8-3-9-17-28)33-18-10-11-19-35(33)46-36-24-32-30(23-34(36)45)29-22-27(20-21-31(29)44-32)39-41-37(25-12-4-1-5-13-25)40-38(42-39)26-14-6-2-7-15-26/h1-24H. The van der Waals surface area contributed by atoms with Crippen molar-refractivity contribution in [3.8, 4) is 34.2 Å². The van der Waals surface area contributed by atoms with Crippen LogP contribution >= 0.6 is 18.9 Å². The molecular weight excluding hydrogens is 605 g/mol. The van der Waals surface area contributed by atoms with Crippen molar-refractivity contribution in [1.29, 1.82) is 0 Å². The number of hydrogen-bond donors (Lipinski definition) is 0. The van der Waals surface area contributed by atoms with Crippen LogP contribution in [0.15, 0.2) is 160 Å². The van der Waals surface area contributed by atoms with E-state index < -0.39 is 7.14 Å². The van der Waals surface area contributed by atoms with Crippen molar-refractivity contribution in [3.05, 3.63) is 146 Å². The van der Waals surface area contributed by atoms with E-state index in [1.54, 1.807) is 11.8 Å². The van der Waals surface area contributed by atoms with E-state index in [1.807, 2.05) is 127 Å². The van der Waals surface area contributed by atoms with Crippen LogP contribution in [0.4, 0.5) is 0 Å². The summed E-state index contributed by atoms with van der Waals surface area (Å²) in [6.45, 7) is 0. The van der Waals surface area contributed by atoms with E-state index in [0.29, 0.717) is 17.5 Å². The van der Waals surface area contributed by atoms with Gasteiger partial charge in [-0.3, -0.25) is 0 Å². The molecule has 3 heterocycles. The molecule has 0 bridgehead atoms. The lowest BCUT2D eigenvalue weighted by atomic mass is 10.1. The van der Waals surface area contributed by atoms with Gasteiger partial charge in [0.1, 0.15) is 11.2 Å². The lowest BCUT2D eigenvalue weighted by Crippen LogP contribution is -2.30. The lowest BCUT2D eigenvalue weighted by Gasteiger charge is -2.28. The summed E-state index contributed by atoms with van der Waals surface area (Å²) in [7, 11) is -3.15. The number of hydrogen-bond acceptors (Lipinski definition) is 6. The Morgan fingerprint density at radius 1 is 0.478 bits per heavy atom. The first-order valence-electron chi connectivity index (χ1n) is 15.0. The van der Waals surface area contributed by atoms with Gasteiger partial charge in [-0.25, -0.2) is 15.0 Å². The van der Waals surface area contributed by atoms with Gasteiger partial charge in [-0.1, -0.05) is 115 Å². The Morgan fingerprint density at radius 3 is 1.72 bits per heavy atom. The van der Waals surface area contributed by atoms with Gasteiger partial charge in [0.25, 0.3) is 0 Å². The van der Waals surface area contributed by atoms with Crippen LogP contribution in [0.1, 0.15) is 0 Å². The molecule has 5 nitrogen and oxygen atoms in total. The second-order valence-corrected chi connectivity index (χ2v) is 15.0. The summed E-state index contributed by atoms with van der Waals surface area (Å²) in [6, 6.07) is 47.9. The average Bonchev–Trinajstić information content (AvgIpc) is 3.48. The fourth-order valence-corrected chi connectivity index (χ4v) is 10.9. The maximum atomic E-state index is 15.3. The maximum Gasteiger partial charge on any atom is 0.173 e. The maximum absolute atomic E-state index is 15.3. The topological polar surface area (TPSA) is 68.9 Å². The molecule has 0 saturated carbocycles. The molecule has 1 aliphatic heterocycles. The van der Waals surface area contributed by atoms with Crippen LogP contribution in [0.5, 0.6) is 0 Å². The second-order valence-electron chi connectivity index (χ2n) is 11.2. The third kappa shape index (κ3) is 4.33. The highest BCUT2D eigenvalue weighted by molar-refractivity contribution is 8.02. The van der Waals surface area contributed by atoms with Crippen molar-refractivity contribution in [2.24, 2.45) is 0 Å². The minimum Gasteiger partial charge on any atom is -0.456 e. The van der Waals surface area contributed by atoms with Crippen molar-refractivity contribution in [2.45, 2.75) is 9.79 Å². The Balaban J connectivity index is 1.25. The molecule has 1 aliphatic rings. The first kappa shape index (κ1) is 27.1. The molecule has 9 rings (SSSR count). The molecule has 0 radical (unpaired) electrons. The van der Waals surface area contributed by atoms with Crippen LogP contribution in [0, 0.1) is 0 Å². The normalized spacial score (nSPS) is 15.5. The molecule has 0 spiro atoms. The quantitative estimate of drug-likeness (QED) is 0.181. The highest BCUT2D eigenvalue weighted by Crippen LogP contribution is 2.53. The summed E-state index contributed by atoms with van der Waals surface area (Å²) in [5.41, 5.74) is 4.18. The SMILES string of the molecule is O=P1(c2ccccc2)c2ccccc2Sc2cc3oc4ccc(-c5nc(-c6ccccc6)nc(-c6ccccc6)n5)cc4c3cc21. The predicted octanol–water partition coefficient (Wildman–Crippen LogP) is 8.88. The highest BCUT2D eigenvalue weighted by atomic mass is 32.2. The minimum atomic E-state index is -3.15. The third-order valence-electron chi connectivity index (χ3n) is 8.39. The molecular formula is C39H24N3O2PS. The number of aromatic nitrogens is 3. The number of furan rings is 1. The molecule has 0 amide bonds. The molecule has 8 aromatic rings. The Labute approximate surface area is 269 Å². The van der Waals surface area contributed by atoms with Crippen molar-refractivity contribution < 1.29 is 8.98 Å². The van der Waals surface area contributed by atoms with E-state index in [9.17, 15) is 0 Å². The van der Waals surface area contributed by atoms with Crippen molar-refractivity contribution in [2.75, 3.05) is 0 Å². The summed E-state index contributed by atoms with van der Waals surface area (Å²) in [5.74, 6) is 1.78. The van der Waals surface area contributed by atoms with E-state index in [2.05, 4.69) is 18.2 Å². The van der Waals surface area contributed by atoms with Gasteiger partial charge in [0.05, 0.1) is 0 Å². The predicted molar refractivity (Wildman–Crippen MR) is 187 cm³/mol. The molecule has 1 unspecified atom stereocenters. The Hall–Kier alpha value is -5.29. The molecule has 0 fully saturated rings. The van der Waals surface area contributed by atoms with Crippen LogP contribution in [-0.2, 0) is 4.57 Å². The first-order valence-corrected chi connectivity index (χ1v) is 17.5. The molecule has 1 atom stereocenters. The van der Waals surface area contributed by atoms with E-state index in [0.717, 1.165) is 64.3 Å². The largest absolute Gasteiger partial charge is 0.456 e. The summed E-state index contributed by atoms with van der Waals surface area (Å²) >= 11 is 1.64. The van der Waals surface area contributed by atoms with Crippen molar-refractivity contribution in [1.82, 2.24) is 15.0 Å². The van der Waals surface area contributed by atoms with Gasteiger partial charge in [0.15, 0.2) is 24.6 Å². The first-order chi connectivity index (χ1) is 22.6. The fraction of sp³-hybridized carbons (Fsp3) is 0. The zero-order valence-corrected chi connectivity index (χ0v) is 26.1. The number of rotatable bonds is 4. The molecule has 0 aliphatic carbocycles. The van der Waals surface area contributed by atoms with Gasteiger partial charge in [0.2, 0.25) is 0 Å².